The van der Waals surface area contributed by atoms with E-state index in [9.17, 15) is 10.1 Å². The van der Waals surface area contributed by atoms with Crippen molar-refractivity contribution in [1.82, 2.24) is 19.8 Å². The maximum atomic E-state index is 11.0. The highest BCUT2D eigenvalue weighted by Gasteiger charge is 2.27. The third-order valence-electron chi connectivity index (χ3n) is 4.12. The second-order valence-corrected chi connectivity index (χ2v) is 6.03. The number of imidazole rings is 1. The van der Waals surface area contributed by atoms with Crippen LogP contribution < -0.4 is 5.32 Å². The maximum absolute atomic E-state index is 11.0. The summed E-state index contributed by atoms with van der Waals surface area (Å²) in [5.74, 6) is 0.971. The highest BCUT2D eigenvalue weighted by Crippen LogP contribution is 2.27. The van der Waals surface area contributed by atoms with Crippen molar-refractivity contribution in [3.63, 3.8) is 0 Å². The number of rotatable bonds is 4. The van der Waals surface area contributed by atoms with E-state index in [2.05, 4.69) is 15.2 Å². The summed E-state index contributed by atoms with van der Waals surface area (Å²) in [5, 5.41) is 14.9. The molecule has 0 spiro atoms. The van der Waals surface area contributed by atoms with E-state index in [0.717, 1.165) is 31.0 Å². The highest BCUT2D eigenvalue weighted by molar-refractivity contribution is 6.31. The topological polar surface area (TPSA) is 76.2 Å². The summed E-state index contributed by atoms with van der Waals surface area (Å²) in [7, 11) is 1.97. The van der Waals surface area contributed by atoms with Crippen molar-refractivity contribution < 1.29 is 4.92 Å². The van der Waals surface area contributed by atoms with Crippen molar-refractivity contribution in [2.45, 2.75) is 12.6 Å². The molecule has 3 rings (SSSR count). The van der Waals surface area contributed by atoms with Crippen LogP contribution in [0.3, 0.4) is 0 Å². The molecule has 1 aromatic heterocycles. The number of benzene rings is 1. The molecule has 7 nitrogen and oxygen atoms in total. The van der Waals surface area contributed by atoms with Crippen molar-refractivity contribution in [3.05, 3.63) is 57.1 Å². The molecule has 0 aliphatic carbocycles. The van der Waals surface area contributed by atoms with Crippen molar-refractivity contribution >= 4 is 17.3 Å². The third-order valence-corrected chi connectivity index (χ3v) is 4.49. The zero-order valence-electron chi connectivity index (χ0n) is 12.8. The lowest BCUT2D eigenvalue weighted by Gasteiger charge is -2.35. The Hall–Kier alpha value is -1.96. The monoisotopic (exact) mass is 335 g/mol. The lowest BCUT2D eigenvalue weighted by Crippen LogP contribution is -2.46. The number of aryl methyl sites for hydroxylation is 1. The quantitative estimate of drug-likeness (QED) is 0.684. The molecule has 0 radical (unpaired) electrons. The Balaban J connectivity index is 1.86. The van der Waals surface area contributed by atoms with Crippen LogP contribution in [0.15, 0.2) is 30.6 Å². The molecule has 0 bridgehead atoms. The molecule has 1 fully saturated rings. The predicted molar refractivity (Wildman–Crippen MR) is 87.3 cm³/mol. The Morgan fingerprint density at radius 3 is 3.04 bits per heavy atom. The average Bonchev–Trinajstić information content (AvgIpc) is 2.96. The van der Waals surface area contributed by atoms with Crippen molar-refractivity contribution in [2.24, 2.45) is 7.05 Å². The molecule has 8 heteroatoms. The summed E-state index contributed by atoms with van der Waals surface area (Å²) in [5.41, 5.74) is 0.829. The normalized spacial score (nSPS) is 19.0. The number of aromatic nitrogens is 2. The Bertz CT molecular complexity index is 718. The average molecular weight is 336 g/mol. The van der Waals surface area contributed by atoms with Gasteiger partial charge in [0.25, 0.3) is 5.69 Å². The molecular formula is C15H18ClN5O2. The zero-order valence-corrected chi connectivity index (χ0v) is 13.5. The van der Waals surface area contributed by atoms with E-state index < -0.39 is 4.92 Å². The number of non-ortho nitro benzene ring substituents is 1. The van der Waals surface area contributed by atoms with Gasteiger partial charge >= 0.3 is 0 Å². The van der Waals surface area contributed by atoms with Crippen molar-refractivity contribution in [3.8, 4) is 0 Å². The van der Waals surface area contributed by atoms with Gasteiger partial charge in [-0.15, -0.1) is 0 Å². The third kappa shape index (κ3) is 3.36. The number of nitro benzene ring substituents is 1. The minimum atomic E-state index is -0.395. The molecule has 2 heterocycles. The Labute approximate surface area is 139 Å². The smallest absolute Gasteiger partial charge is 0.269 e. The van der Waals surface area contributed by atoms with Crippen LogP contribution in [0.4, 0.5) is 5.69 Å². The summed E-state index contributed by atoms with van der Waals surface area (Å²) in [6.45, 7) is 3.04. The summed E-state index contributed by atoms with van der Waals surface area (Å²) in [4.78, 5) is 17.3. The van der Waals surface area contributed by atoms with Crippen LogP contribution in [-0.2, 0) is 13.6 Å². The summed E-state index contributed by atoms with van der Waals surface area (Å²) >= 11 is 6.24. The number of nitrogens with one attached hydrogen (secondary N) is 1. The van der Waals surface area contributed by atoms with E-state index in [1.54, 1.807) is 18.3 Å². The fourth-order valence-electron chi connectivity index (χ4n) is 2.90. The molecule has 0 saturated carbocycles. The van der Waals surface area contributed by atoms with Gasteiger partial charge in [-0.1, -0.05) is 11.6 Å². The largest absolute Gasteiger partial charge is 0.337 e. The number of nitro groups is 1. The van der Waals surface area contributed by atoms with Gasteiger partial charge in [0.05, 0.1) is 11.0 Å². The summed E-state index contributed by atoms with van der Waals surface area (Å²) in [6.07, 6.45) is 3.70. The fourth-order valence-corrected chi connectivity index (χ4v) is 3.08. The first-order valence-corrected chi connectivity index (χ1v) is 7.79. The van der Waals surface area contributed by atoms with Crippen LogP contribution in [0.25, 0.3) is 0 Å². The first-order chi connectivity index (χ1) is 11.1. The first kappa shape index (κ1) is 15.9. The van der Waals surface area contributed by atoms with Gasteiger partial charge in [-0.2, -0.15) is 0 Å². The summed E-state index contributed by atoms with van der Waals surface area (Å²) in [6, 6.07) is 4.69. The van der Waals surface area contributed by atoms with Crippen LogP contribution in [-0.4, -0.2) is 39.0 Å². The van der Waals surface area contributed by atoms with Crippen molar-refractivity contribution in [1.29, 1.82) is 0 Å². The van der Waals surface area contributed by atoms with Gasteiger partial charge in [-0.3, -0.25) is 15.0 Å². The molecule has 23 heavy (non-hydrogen) atoms. The van der Waals surface area contributed by atoms with Crippen LogP contribution in [0.2, 0.25) is 5.02 Å². The Kier molecular flexibility index (Phi) is 4.61. The molecule has 1 N–H and O–H groups in total. The van der Waals surface area contributed by atoms with Gasteiger partial charge in [0.2, 0.25) is 0 Å². The second-order valence-electron chi connectivity index (χ2n) is 5.62. The number of hydrogen-bond acceptors (Lipinski definition) is 5. The Morgan fingerprint density at radius 2 is 2.35 bits per heavy atom. The van der Waals surface area contributed by atoms with Crippen LogP contribution >= 0.6 is 11.6 Å². The van der Waals surface area contributed by atoms with Gasteiger partial charge in [-0.25, -0.2) is 4.98 Å². The lowest BCUT2D eigenvalue weighted by atomic mass is 10.1. The predicted octanol–water partition coefficient (Wildman–Crippen LogP) is 2.13. The SMILES string of the molecule is Cn1ccnc1C1CNCCN1Cc1cc([N+](=O)[O-])ccc1Cl. The Morgan fingerprint density at radius 1 is 1.52 bits per heavy atom. The number of halogens is 1. The molecule has 1 aliphatic heterocycles. The zero-order chi connectivity index (χ0) is 16.4. The molecule has 1 aliphatic rings. The van der Waals surface area contributed by atoms with E-state index in [1.807, 2.05) is 17.8 Å². The van der Waals surface area contributed by atoms with Gasteiger partial charge < -0.3 is 9.88 Å². The van der Waals surface area contributed by atoms with Gasteiger partial charge in [0, 0.05) is 62.8 Å². The molecule has 1 unspecified atom stereocenters. The number of hydrogen-bond donors (Lipinski definition) is 1. The van der Waals surface area contributed by atoms with Crippen LogP contribution in [0, 0.1) is 10.1 Å². The molecule has 1 saturated heterocycles. The van der Waals surface area contributed by atoms with Gasteiger partial charge in [0.15, 0.2) is 0 Å². The highest BCUT2D eigenvalue weighted by atomic mass is 35.5. The second kappa shape index (κ2) is 6.66. The van der Waals surface area contributed by atoms with E-state index in [-0.39, 0.29) is 11.7 Å². The molecule has 1 aromatic carbocycles. The standard InChI is InChI=1S/C15H18ClN5O2/c1-19-6-5-18-15(19)14-9-17-4-7-20(14)10-11-8-12(21(22)23)2-3-13(11)16/h2-3,5-6,8,14,17H,4,7,9-10H2,1H3. The molecule has 1 atom stereocenters. The molecular weight excluding hydrogens is 318 g/mol. The fraction of sp³-hybridized carbons (Fsp3) is 0.400. The molecule has 122 valence electrons. The van der Waals surface area contributed by atoms with Crippen molar-refractivity contribution in [2.75, 3.05) is 19.6 Å². The number of piperazine rings is 1. The van der Waals surface area contributed by atoms with E-state index in [0.29, 0.717) is 11.6 Å². The molecule has 2 aromatic rings. The number of nitrogens with zero attached hydrogens (tertiary/aromatic N) is 4. The molecule has 0 amide bonds. The van der Waals surface area contributed by atoms with E-state index in [1.165, 1.54) is 6.07 Å². The van der Waals surface area contributed by atoms with Crippen LogP contribution in [0.1, 0.15) is 17.4 Å². The van der Waals surface area contributed by atoms with Gasteiger partial charge in [-0.05, 0) is 11.6 Å². The summed E-state index contributed by atoms with van der Waals surface area (Å²) < 4.78 is 2.00. The van der Waals surface area contributed by atoms with E-state index >= 15 is 0 Å². The van der Waals surface area contributed by atoms with Crippen LogP contribution in [0.5, 0.6) is 0 Å². The van der Waals surface area contributed by atoms with Gasteiger partial charge in [0.1, 0.15) is 5.82 Å². The minimum Gasteiger partial charge on any atom is -0.337 e. The van der Waals surface area contributed by atoms with E-state index in [4.69, 9.17) is 11.6 Å². The minimum absolute atomic E-state index is 0.0630. The first-order valence-electron chi connectivity index (χ1n) is 7.41. The lowest BCUT2D eigenvalue weighted by molar-refractivity contribution is -0.384. The maximum Gasteiger partial charge on any atom is 0.269 e.